The molecule has 9 nitrogen and oxygen atoms in total. The fraction of sp³-hybridized carbons (Fsp3) is 0.333. The summed E-state index contributed by atoms with van der Waals surface area (Å²) in [5.74, 6) is -1.62. The van der Waals surface area contributed by atoms with E-state index in [0.717, 1.165) is 29.5 Å². The Morgan fingerprint density at radius 3 is 2.37 bits per heavy atom. The molecule has 0 bridgehead atoms. The first kappa shape index (κ1) is 22.9. The highest BCUT2D eigenvalue weighted by molar-refractivity contribution is 5.95. The van der Waals surface area contributed by atoms with E-state index in [1.807, 2.05) is 24.3 Å². The van der Waals surface area contributed by atoms with Gasteiger partial charge in [0, 0.05) is 26.2 Å². The van der Waals surface area contributed by atoms with E-state index in [2.05, 4.69) is 10.3 Å². The molecule has 3 heterocycles. The zero-order valence-electron chi connectivity index (χ0n) is 19.0. The summed E-state index contributed by atoms with van der Waals surface area (Å²) in [5, 5.41) is 8.26. The van der Waals surface area contributed by atoms with Crippen LogP contribution < -0.4 is 4.74 Å². The van der Waals surface area contributed by atoms with Crippen LogP contribution in [0.25, 0.3) is 0 Å². The van der Waals surface area contributed by atoms with Gasteiger partial charge < -0.3 is 19.3 Å². The van der Waals surface area contributed by atoms with Gasteiger partial charge in [0.15, 0.2) is 5.69 Å². The largest absolute Gasteiger partial charge is 0.497 e. The van der Waals surface area contributed by atoms with Gasteiger partial charge in [-0.1, -0.05) is 17.3 Å². The summed E-state index contributed by atoms with van der Waals surface area (Å²) < 4.78 is 40.3. The van der Waals surface area contributed by atoms with Crippen LogP contribution in [-0.2, 0) is 17.9 Å². The average molecular weight is 483 g/mol. The fourth-order valence-corrected chi connectivity index (χ4v) is 4.29. The smallest absolute Gasteiger partial charge is 0.276 e. The molecule has 0 saturated carbocycles. The molecule has 1 fully saturated rings. The lowest BCUT2D eigenvalue weighted by molar-refractivity contribution is -0.00204. The van der Waals surface area contributed by atoms with Crippen molar-refractivity contribution in [3.63, 3.8) is 0 Å². The predicted molar refractivity (Wildman–Crippen MR) is 119 cm³/mol. The minimum Gasteiger partial charge on any atom is -0.497 e. The molecule has 11 heteroatoms. The van der Waals surface area contributed by atoms with E-state index >= 15 is 0 Å². The monoisotopic (exact) mass is 483 g/mol. The molecule has 2 aliphatic rings. The van der Waals surface area contributed by atoms with Crippen LogP contribution in [0.2, 0.25) is 0 Å². The highest BCUT2D eigenvalue weighted by atomic mass is 19.1. The number of carbonyl (C=O) groups excluding carboxylic acids is 2. The third kappa shape index (κ3) is 4.46. The second-order valence-corrected chi connectivity index (χ2v) is 8.35. The first-order chi connectivity index (χ1) is 16.9. The molecule has 182 valence electrons. The molecule has 0 aliphatic carbocycles. The van der Waals surface area contributed by atoms with Crippen LogP contribution in [0.15, 0.2) is 42.5 Å². The molecule has 5 rings (SSSR count). The zero-order valence-corrected chi connectivity index (χ0v) is 19.0. The number of rotatable bonds is 4. The van der Waals surface area contributed by atoms with Crippen LogP contribution in [-0.4, -0.2) is 69.9 Å². The molecule has 3 aromatic rings. The number of hydrogen-bond donors (Lipinski definition) is 0. The maximum Gasteiger partial charge on any atom is 0.276 e. The SMILES string of the molecule is COc1ccc([C@H]2Cn3nnc(C(=O)N4CCN(C(=O)c5cc(F)ccc5F)CC4)c3CO2)cc1. The van der Waals surface area contributed by atoms with Crippen molar-refractivity contribution in [2.24, 2.45) is 0 Å². The number of piperazine rings is 1. The van der Waals surface area contributed by atoms with E-state index in [-0.39, 0.29) is 56.1 Å². The summed E-state index contributed by atoms with van der Waals surface area (Å²) in [4.78, 5) is 28.7. The van der Waals surface area contributed by atoms with Gasteiger partial charge in [0.25, 0.3) is 11.8 Å². The third-order valence-corrected chi connectivity index (χ3v) is 6.30. The lowest BCUT2D eigenvalue weighted by atomic mass is 10.1. The van der Waals surface area contributed by atoms with Crippen LogP contribution in [0, 0.1) is 11.6 Å². The molecule has 0 unspecified atom stereocenters. The van der Waals surface area contributed by atoms with Gasteiger partial charge in [0.05, 0.1) is 31.5 Å². The maximum absolute atomic E-state index is 14.0. The molecule has 1 saturated heterocycles. The lowest BCUT2D eigenvalue weighted by Crippen LogP contribution is -2.51. The van der Waals surface area contributed by atoms with E-state index in [0.29, 0.717) is 12.2 Å². The van der Waals surface area contributed by atoms with E-state index < -0.39 is 17.5 Å². The minimum atomic E-state index is -0.779. The van der Waals surface area contributed by atoms with Crippen LogP contribution in [0.3, 0.4) is 0 Å². The highest BCUT2D eigenvalue weighted by Crippen LogP contribution is 2.28. The molecule has 2 aromatic carbocycles. The van der Waals surface area contributed by atoms with Gasteiger partial charge >= 0.3 is 0 Å². The van der Waals surface area contributed by atoms with Crippen molar-refractivity contribution >= 4 is 11.8 Å². The molecule has 1 aromatic heterocycles. The van der Waals surface area contributed by atoms with Crippen molar-refractivity contribution < 1.29 is 27.8 Å². The fourth-order valence-electron chi connectivity index (χ4n) is 4.29. The van der Waals surface area contributed by atoms with Gasteiger partial charge in [-0.2, -0.15) is 0 Å². The highest BCUT2D eigenvalue weighted by Gasteiger charge is 2.32. The third-order valence-electron chi connectivity index (χ3n) is 6.30. The number of fused-ring (bicyclic) bond motifs is 1. The Bertz CT molecular complexity index is 1260. The van der Waals surface area contributed by atoms with E-state index in [1.54, 1.807) is 16.7 Å². The number of nitrogens with zero attached hydrogens (tertiary/aromatic N) is 5. The first-order valence-electron chi connectivity index (χ1n) is 11.2. The van der Waals surface area contributed by atoms with Gasteiger partial charge in [-0.05, 0) is 35.9 Å². The van der Waals surface area contributed by atoms with Crippen molar-refractivity contribution in [3.05, 3.63) is 76.6 Å². The summed E-state index contributed by atoms with van der Waals surface area (Å²) >= 11 is 0. The first-order valence-corrected chi connectivity index (χ1v) is 11.2. The molecule has 0 spiro atoms. The van der Waals surface area contributed by atoms with Crippen molar-refractivity contribution in [2.75, 3.05) is 33.3 Å². The number of hydrogen-bond acceptors (Lipinski definition) is 6. The molecule has 2 amide bonds. The van der Waals surface area contributed by atoms with Crippen LogP contribution in [0.5, 0.6) is 5.75 Å². The number of aromatic nitrogens is 3. The quantitative estimate of drug-likeness (QED) is 0.566. The van der Waals surface area contributed by atoms with Gasteiger partial charge in [0.2, 0.25) is 0 Å². The van der Waals surface area contributed by atoms with E-state index in [4.69, 9.17) is 9.47 Å². The normalized spacial score (nSPS) is 17.7. The molecule has 1 atom stereocenters. The Kier molecular flexibility index (Phi) is 6.16. The van der Waals surface area contributed by atoms with Gasteiger partial charge in [0.1, 0.15) is 23.5 Å². The zero-order chi connectivity index (χ0) is 24.5. The summed E-state index contributed by atoms with van der Waals surface area (Å²) in [7, 11) is 1.61. The Morgan fingerprint density at radius 1 is 1.00 bits per heavy atom. The Morgan fingerprint density at radius 2 is 1.69 bits per heavy atom. The van der Waals surface area contributed by atoms with Crippen molar-refractivity contribution in [3.8, 4) is 5.75 Å². The van der Waals surface area contributed by atoms with Crippen LogP contribution in [0.1, 0.15) is 38.2 Å². The summed E-state index contributed by atoms with van der Waals surface area (Å²) in [6, 6.07) is 10.3. The number of benzene rings is 2. The number of ether oxygens (including phenoxy) is 2. The van der Waals surface area contributed by atoms with Crippen molar-refractivity contribution in [1.82, 2.24) is 24.8 Å². The lowest BCUT2D eigenvalue weighted by Gasteiger charge is -2.34. The summed E-state index contributed by atoms with van der Waals surface area (Å²) in [6.07, 6.45) is -0.226. The second kappa shape index (κ2) is 9.41. The maximum atomic E-state index is 14.0. The molecular formula is C24H23F2N5O4. The summed E-state index contributed by atoms with van der Waals surface area (Å²) in [6.45, 7) is 1.47. The van der Waals surface area contributed by atoms with Gasteiger partial charge in [-0.3, -0.25) is 9.59 Å². The standard InChI is InChI=1S/C24H23F2N5O4/c1-34-17-5-2-15(3-6-17)21-13-31-20(14-35-21)22(27-28-31)24(33)30-10-8-29(9-11-30)23(32)18-12-16(25)4-7-19(18)26/h2-7,12,21H,8-11,13-14H2,1H3/t21-/m1/s1. The minimum absolute atomic E-state index is 0.183. The molecule has 0 radical (unpaired) electrons. The Balaban J connectivity index is 1.23. The van der Waals surface area contributed by atoms with E-state index in [1.165, 1.54) is 4.90 Å². The van der Waals surface area contributed by atoms with Gasteiger partial charge in [-0.15, -0.1) is 5.10 Å². The number of amides is 2. The molecule has 35 heavy (non-hydrogen) atoms. The van der Waals surface area contributed by atoms with Gasteiger partial charge in [-0.25, -0.2) is 13.5 Å². The predicted octanol–water partition coefficient (Wildman–Crippen LogP) is 2.43. The van der Waals surface area contributed by atoms with Crippen molar-refractivity contribution in [2.45, 2.75) is 19.3 Å². The number of methoxy groups -OCH3 is 1. The molecular weight excluding hydrogens is 460 g/mol. The average Bonchev–Trinajstić information content (AvgIpc) is 3.32. The second-order valence-electron chi connectivity index (χ2n) is 8.35. The van der Waals surface area contributed by atoms with Crippen molar-refractivity contribution in [1.29, 1.82) is 0 Å². The Hall–Kier alpha value is -3.86. The number of carbonyl (C=O) groups is 2. The number of halogens is 2. The molecule has 2 aliphatic heterocycles. The molecule has 0 N–H and O–H groups in total. The Labute approximate surface area is 199 Å². The van der Waals surface area contributed by atoms with E-state index in [9.17, 15) is 18.4 Å². The van der Waals surface area contributed by atoms with Crippen LogP contribution >= 0.6 is 0 Å². The topological polar surface area (TPSA) is 89.8 Å². The summed E-state index contributed by atoms with van der Waals surface area (Å²) in [5.41, 5.74) is 1.46. The van der Waals surface area contributed by atoms with Crippen LogP contribution in [0.4, 0.5) is 8.78 Å².